The van der Waals surface area contributed by atoms with Gasteiger partial charge in [0.2, 0.25) is 0 Å². The third-order valence-corrected chi connectivity index (χ3v) is 5.83. The van der Waals surface area contributed by atoms with Crippen molar-refractivity contribution in [3.8, 4) is 28.5 Å². The van der Waals surface area contributed by atoms with Gasteiger partial charge in [-0.05, 0) is 36.4 Å². The zero-order chi connectivity index (χ0) is 26.6. The summed E-state index contributed by atoms with van der Waals surface area (Å²) >= 11 is 5.96. The number of carbonyl (C=O) groups excluding carboxylic acids is 1. The number of pyridine rings is 2. The van der Waals surface area contributed by atoms with Crippen LogP contribution in [-0.2, 0) is 0 Å². The Morgan fingerprint density at radius 2 is 1.74 bits per heavy atom. The summed E-state index contributed by atoms with van der Waals surface area (Å²) in [6.45, 7) is 0. The van der Waals surface area contributed by atoms with E-state index in [1.165, 1.54) is 36.7 Å². The number of hydrogen-bond donors (Lipinski definition) is 1. The largest absolute Gasteiger partial charge is 0.497 e. The number of carbonyl (C=O) groups is 1. The monoisotopic (exact) mass is 526 g/mol. The van der Waals surface area contributed by atoms with Gasteiger partial charge in [0, 0.05) is 35.3 Å². The van der Waals surface area contributed by atoms with Crippen molar-refractivity contribution in [2.75, 3.05) is 12.4 Å². The fraction of sp³-hybridized carbons (Fsp3) is 0.0357. The number of halogens is 1. The van der Waals surface area contributed by atoms with Crippen molar-refractivity contribution in [1.29, 1.82) is 0 Å². The molecule has 5 aromatic rings. The number of para-hydroxylation sites is 1. The summed E-state index contributed by atoms with van der Waals surface area (Å²) in [5, 5.41) is 15.3. The number of rotatable bonds is 7. The summed E-state index contributed by atoms with van der Waals surface area (Å²) in [4.78, 5) is 33.2. The van der Waals surface area contributed by atoms with Crippen LogP contribution in [0.3, 0.4) is 0 Å². The van der Waals surface area contributed by atoms with E-state index in [0.717, 1.165) is 5.56 Å². The second kappa shape index (κ2) is 10.5. The van der Waals surface area contributed by atoms with Gasteiger partial charge in [-0.2, -0.15) is 0 Å². The van der Waals surface area contributed by atoms with Gasteiger partial charge >= 0.3 is 0 Å². The van der Waals surface area contributed by atoms with E-state index in [1.807, 2.05) is 42.5 Å². The molecule has 0 aliphatic carbocycles. The number of ether oxygens (including phenoxy) is 2. The fourth-order valence-corrected chi connectivity index (χ4v) is 4.04. The molecule has 9 nitrogen and oxygen atoms in total. The summed E-state index contributed by atoms with van der Waals surface area (Å²) in [7, 11) is 1.59. The smallest absolute Gasteiger partial charge is 0.275 e. The number of nitro benzene ring substituents is 1. The highest BCUT2D eigenvalue weighted by Crippen LogP contribution is 2.32. The lowest BCUT2D eigenvalue weighted by Gasteiger charge is -2.12. The maximum atomic E-state index is 13.5. The van der Waals surface area contributed by atoms with E-state index in [0.29, 0.717) is 38.7 Å². The second-order valence-electron chi connectivity index (χ2n) is 8.17. The van der Waals surface area contributed by atoms with Gasteiger partial charge in [0.1, 0.15) is 17.2 Å². The van der Waals surface area contributed by atoms with Crippen molar-refractivity contribution in [3.05, 3.63) is 112 Å². The first-order valence-corrected chi connectivity index (χ1v) is 11.7. The lowest BCUT2D eigenvalue weighted by Crippen LogP contribution is -2.13. The Hall–Kier alpha value is -5.02. The van der Waals surface area contributed by atoms with E-state index in [2.05, 4.69) is 10.3 Å². The Balaban J connectivity index is 1.51. The van der Waals surface area contributed by atoms with Crippen LogP contribution in [0.5, 0.6) is 17.2 Å². The minimum Gasteiger partial charge on any atom is -0.497 e. The van der Waals surface area contributed by atoms with Crippen molar-refractivity contribution in [1.82, 2.24) is 9.97 Å². The molecule has 1 N–H and O–H groups in total. The van der Waals surface area contributed by atoms with Crippen molar-refractivity contribution in [2.24, 2.45) is 0 Å². The fourth-order valence-electron chi connectivity index (χ4n) is 3.88. The number of aromatic nitrogens is 2. The Bertz CT molecular complexity index is 1670. The number of hydrogen-bond acceptors (Lipinski definition) is 7. The molecule has 188 valence electrons. The molecular formula is C28H19ClN4O5. The first-order valence-electron chi connectivity index (χ1n) is 11.3. The van der Waals surface area contributed by atoms with E-state index in [4.69, 9.17) is 26.1 Å². The summed E-state index contributed by atoms with van der Waals surface area (Å²) in [6.07, 6.45) is 2.86. The Morgan fingerprint density at radius 3 is 2.47 bits per heavy atom. The third-order valence-electron chi connectivity index (χ3n) is 5.62. The van der Waals surface area contributed by atoms with Crippen LogP contribution < -0.4 is 14.8 Å². The van der Waals surface area contributed by atoms with Crippen molar-refractivity contribution in [2.45, 2.75) is 0 Å². The quantitative estimate of drug-likeness (QED) is 0.181. The average molecular weight is 527 g/mol. The molecule has 0 saturated heterocycles. The van der Waals surface area contributed by atoms with Gasteiger partial charge in [0.05, 0.1) is 51.8 Å². The molecule has 2 aromatic heterocycles. The summed E-state index contributed by atoms with van der Waals surface area (Å²) in [6, 6.07) is 21.8. The Labute approximate surface area is 221 Å². The molecule has 0 saturated carbocycles. The molecule has 0 atom stereocenters. The van der Waals surface area contributed by atoms with Crippen LogP contribution in [0, 0.1) is 10.1 Å². The molecule has 0 bridgehead atoms. The number of non-ortho nitro benzene ring substituents is 1. The van der Waals surface area contributed by atoms with Crippen LogP contribution >= 0.6 is 11.6 Å². The molecule has 0 spiro atoms. The molecular weight excluding hydrogens is 508 g/mol. The normalized spacial score (nSPS) is 10.7. The van der Waals surface area contributed by atoms with E-state index in [9.17, 15) is 14.9 Å². The molecule has 0 radical (unpaired) electrons. The number of fused-ring (bicyclic) bond motifs is 1. The van der Waals surface area contributed by atoms with Crippen LogP contribution in [0.1, 0.15) is 10.4 Å². The van der Waals surface area contributed by atoms with Crippen LogP contribution in [0.4, 0.5) is 11.4 Å². The first kappa shape index (κ1) is 24.7. The average Bonchev–Trinajstić information content (AvgIpc) is 2.92. The van der Waals surface area contributed by atoms with Gasteiger partial charge in [-0.1, -0.05) is 29.8 Å². The van der Waals surface area contributed by atoms with Crippen LogP contribution in [0.2, 0.25) is 5.02 Å². The molecule has 2 heterocycles. The Morgan fingerprint density at radius 1 is 0.947 bits per heavy atom. The predicted octanol–water partition coefficient (Wildman–Crippen LogP) is 6.91. The maximum absolute atomic E-state index is 13.5. The minimum absolute atomic E-state index is 0.136. The molecule has 3 aromatic carbocycles. The maximum Gasteiger partial charge on any atom is 0.275 e. The van der Waals surface area contributed by atoms with Crippen molar-refractivity contribution in [3.63, 3.8) is 0 Å². The molecule has 1 amide bonds. The van der Waals surface area contributed by atoms with E-state index in [1.54, 1.807) is 19.2 Å². The first-order chi connectivity index (χ1) is 18.4. The molecule has 10 heteroatoms. The van der Waals surface area contributed by atoms with Gasteiger partial charge in [0.25, 0.3) is 11.6 Å². The lowest BCUT2D eigenvalue weighted by molar-refractivity contribution is -0.384. The summed E-state index contributed by atoms with van der Waals surface area (Å²) in [5.41, 5.74) is 2.30. The number of methoxy groups -OCH3 is 1. The van der Waals surface area contributed by atoms with E-state index >= 15 is 0 Å². The highest BCUT2D eigenvalue weighted by molar-refractivity contribution is 6.30. The molecule has 0 aliphatic rings. The summed E-state index contributed by atoms with van der Waals surface area (Å²) < 4.78 is 11.0. The van der Waals surface area contributed by atoms with Crippen LogP contribution in [0.15, 0.2) is 91.3 Å². The molecule has 0 unspecified atom stereocenters. The van der Waals surface area contributed by atoms with Gasteiger partial charge in [-0.3, -0.25) is 19.9 Å². The van der Waals surface area contributed by atoms with Crippen molar-refractivity contribution >= 4 is 39.8 Å². The predicted molar refractivity (Wildman–Crippen MR) is 144 cm³/mol. The third kappa shape index (κ3) is 5.37. The molecule has 0 fully saturated rings. The van der Waals surface area contributed by atoms with Gasteiger partial charge < -0.3 is 14.8 Å². The van der Waals surface area contributed by atoms with E-state index < -0.39 is 10.8 Å². The van der Waals surface area contributed by atoms with Gasteiger partial charge in [-0.15, -0.1) is 0 Å². The molecule has 38 heavy (non-hydrogen) atoms. The Kier molecular flexibility index (Phi) is 6.84. The number of nitrogens with zero attached hydrogens (tertiary/aromatic N) is 3. The minimum atomic E-state index is -0.567. The van der Waals surface area contributed by atoms with Gasteiger partial charge in [-0.25, -0.2) is 4.98 Å². The summed E-state index contributed by atoms with van der Waals surface area (Å²) in [5.74, 6) is 0.663. The van der Waals surface area contributed by atoms with Crippen LogP contribution in [-0.4, -0.2) is 27.9 Å². The van der Waals surface area contributed by atoms with Crippen molar-refractivity contribution < 1.29 is 19.2 Å². The van der Waals surface area contributed by atoms with Gasteiger partial charge in [0.15, 0.2) is 0 Å². The number of anilines is 1. The zero-order valence-corrected chi connectivity index (χ0v) is 20.7. The molecule has 0 aliphatic heterocycles. The standard InChI is InChI=1S/C28H19ClN4O5/c1-37-21-8-6-17(7-9-21)27-14-25(24-4-2-3-5-26(24)32-27)28(34)31-19-11-20(33(35)36)13-22(12-19)38-23-10-18(29)15-30-16-23/h2-16H,1H3,(H,31,34). The topological polar surface area (TPSA) is 116 Å². The number of nitrogens with one attached hydrogen (secondary N) is 1. The lowest BCUT2D eigenvalue weighted by atomic mass is 10.0. The van der Waals surface area contributed by atoms with Crippen LogP contribution in [0.25, 0.3) is 22.2 Å². The molecule has 5 rings (SSSR count). The SMILES string of the molecule is COc1ccc(-c2cc(C(=O)Nc3cc(Oc4cncc(Cl)c4)cc([N+](=O)[O-])c3)c3ccccc3n2)cc1. The number of benzene rings is 3. The second-order valence-corrected chi connectivity index (χ2v) is 8.60. The number of amides is 1. The number of nitro groups is 1. The highest BCUT2D eigenvalue weighted by atomic mass is 35.5. The zero-order valence-electron chi connectivity index (χ0n) is 19.9. The highest BCUT2D eigenvalue weighted by Gasteiger charge is 2.17. The van der Waals surface area contributed by atoms with E-state index in [-0.39, 0.29) is 17.1 Å².